The fraction of sp³-hybridized carbons (Fsp3) is 0.278. The van der Waals surface area contributed by atoms with Crippen molar-refractivity contribution >= 4 is 11.6 Å². The quantitative estimate of drug-likeness (QED) is 0.786. The molecule has 128 valence electrons. The molecule has 0 aliphatic carbocycles. The number of pyridine rings is 1. The molecular formula is C18H18N4O3. The minimum Gasteiger partial charge on any atom is -0.486 e. The Balaban J connectivity index is 1.45. The van der Waals surface area contributed by atoms with E-state index < -0.39 is 0 Å². The van der Waals surface area contributed by atoms with Gasteiger partial charge in [0.1, 0.15) is 13.2 Å². The van der Waals surface area contributed by atoms with Crippen LogP contribution in [0, 0.1) is 0 Å². The fourth-order valence-electron chi connectivity index (χ4n) is 2.90. The van der Waals surface area contributed by atoms with Gasteiger partial charge in [-0.15, -0.1) is 10.2 Å². The molecule has 0 radical (unpaired) electrons. The summed E-state index contributed by atoms with van der Waals surface area (Å²) < 4.78 is 12.9. The van der Waals surface area contributed by atoms with Crippen molar-refractivity contribution in [3.63, 3.8) is 0 Å². The second-order valence-electron chi connectivity index (χ2n) is 5.93. The molecule has 25 heavy (non-hydrogen) atoms. The number of amides is 1. The molecule has 2 aromatic heterocycles. The molecule has 0 unspecified atom stereocenters. The number of nitrogens with one attached hydrogen (secondary N) is 1. The van der Waals surface area contributed by atoms with E-state index in [9.17, 15) is 4.79 Å². The Kier molecular flexibility index (Phi) is 3.97. The van der Waals surface area contributed by atoms with Crippen molar-refractivity contribution in [2.24, 2.45) is 0 Å². The van der Waals surface area contributed by atoms with Gasteiger partial charge in [-0.2, -0.15) is 0 Å². The number of carbonyl (C=O) groups is 1. The van der Waals surface area contributed by atoms with Crippen molar-refractivity contribution in [2.75, 3.05) is 13.2 Å². The third-order valence-electron chi connectivity index (χ3n) is 4.08. The summed E-state index contributed by atoms with van der Waals surface area (Å²) in [5, 5.41) is 11.3. The molecule has 1 amide bonds. The van der Waals surface area contributed by atoms with Crippen LogP contribution >= 0.6 is 0 Å². The first kappa shape index (κ1) is 15.4. The second kappa shape index (κ2) is 6.43. The monoisotopic (exact) mass is 338 g/mol. The van der Waals surface area contributed by atoms with Crippen LogP contribution in [0.1, 0.15) is 24.4 Å². The molecule has 1 atom stereocenters. The molecule has 0 saturated carbocycles. The summed E-state index contributed by atoms with van der Waals surface area (Å²) in [5.41, 5.74) is 1.63. The third-order valence-corrected chi connectivity index (χ3v) is 4.08. The van der Waals surface area contributed by atoms with E-state index in [4.69, 9.17) is 9.47 Å². The Morgan fingerprint density at radius 3 is 2.92 bits per heavy atom. The summed E-state index contributed by atoms with van der Waals surface area (Å²) in [6, 6.07) is 11.0. The zero-order valence-electron chi connectivity index (χ0n) is 13.8. The summed E-state index contributed by atoms with van der Waals surface area (Å²) in [6.07, 6.45) is 2.14. The Hall–Kier alpha value is -3.09. The number of hydrogen-bond acceptors (Lipinski definition) is 5. The van der Waals surface area contributed by atoms with Crippen molar-refractivity contribution in [1.29, 1.82) is 0 Å². The molecule has 1 aliphatic heterocycles. The molecule has 7 heteroatoms. The number of hydrogen-bond donors (Lipinski definition) is 1. The summed E-state index contributed by atoms with van der Waals surface area (Å²) in [5.74, 6) is 2.02. The predicted octanol–water partition coefficient (Wildman–Crippen LogP) is 1.92. The first-order valence-electron chi connectivity index (χ1n) is 8.18. The Morgan fingerprint density at radius 2 is 2.04 bits per heavy atom. The van der Waals surface area contributed by atoms with Crippen LogP contribution in [0.25, 0.3) is 5.65 Å². The van der Waals surface area contributed by atoms with Gasteiger partial charge < -0.3 is 14.8 Å². The molecule has 3 heterocycles. The van der Waals surface area contributed by atoms with Crippen LogP contribution in [0.2, 0.25) is 0 Å². The number of aromatic nitrogens is 3. The van der Waals surface area contributed by atoms with Gasteiger partial charge >= 0.3 is 0 Å². The highest BCUT2D eigenvalue weighted by Crippen LogP contribution is 2.30. The SMILES string of the molecule is C[C@H](NC(=O)Cc1ccc2c(c1)OCCO2)c1nnc2ccccn12. The maximum atomic E-state index is 12.4. The van der Waals surface area contributed by atoms with E-state index in [2.05, 4.69) is 15.5 Å². The lowest BCUT2D eigenvalue weighted by molar-refractivity contribution is -0.121. The maximum Gasteiger partial charge on any atom is 0.225 e. The van der Waals surface area contributed by atoms with Gasteiger partial charge in [-0.1, -0.05) is 12.1 Å². The Morgan fingerprint density at radius 1 is 1.20 bits per heavy atom. The minimum absolute atomic E-state index is 0.0862. The molecule has 1 aliphatic rings. The van der Waals surface area contributed by atoms with Crippen LogP contribution in [0.5, 0.6) is 11.5 Å². The summed E-state index contributed by atoms with van der Waals surface area (Å²) >= 11 is 0. The Bertz CT molecular complexity index is 922. The number of benzene rings is 1. The summed E-state index contributed by atoms with van der Waals surface area (Å²) in [7, 11) is 0. The third kappa shape index (κ3) is 3.13. The topological polar surface area (TPSA) is 77.8 Å². The summed E-state index contributed by atoms with van der Waals surface area (Å²) in [4.78, 5) is 12.4. The minimum atomic E-state index is -0.248. The number of carbonyl (C=O) groups excluding carboxylic acids is 1. The lowest BCUT2D eigenvalue weighted by Gasteiger charge is -2.19. The van der Waals surface area contributed by atoms with E-state index >= 15 is 0 Å². The molecule has 3 aromatic rings. The number of nitrogens with zero attached hydrogens (tertiary/aromatic N) is 3. The van der Waals surface area contributed by atoms with Crippen molar-refractivity contribution in [3.05, 3.63) is 54.0 Å². The van der Waals surface area contributed by atoms with Crippen LogP contribution in [0.15, 0.2) is 42.6 Å². The molecule has 7 nitrogen and oxygen atoms in total. The number of fused-ring (bicyclic) bond motifs is 2. The van der Waals surface area contributed by atoms with Gasteiger partial charge in [0.25, 0.3) is 0 Å². The average molecular weight is 338 g/mol. The highest BCUT2D eigenvalue weighted by Gasteiger charge is 2.17. The van der Waals surface area contributed by atoms with Crippen molar-refractivity contribution < 1.29 is 14.3 Å². The van der Waals surface area contributed by atoms with Crippen molar-refractivity contribution in [1.82, 2.24) is 19.9 Å². The van der Waals surface area contributed by atoms with Gasteiger partial charge in [0.05, 0.1) is 12.5 Å². The zero-order valence-corrected chi connectivity index (χ0v) is 13.8. The van der Waals surface area contributed by atoms with E-state index in [1.165, 1.54) is 0 Å². The largest absolute Gasteiger partial charge is 0.486 e. The van der Waals surface area contributed by atoms with Gasteiger partial charge in [0.2, 0.25) is 5.91 Å². The van der Waals surface area contributed by atoms with Gasteiger partial charge in [-0.25, -0.2) is 0 Å². The molecule has 0 spiro atoms. The van der Waals surface area contributed by atoms with E-state index in [-0.39, 0.29) is 18.4 Å². The molecule has 4 rings (SSSR count). The van der Waals surface area contributed by atoms with Crippen LogP contribution in [0.4, 0.5) is 0 Å². The fourth-order valence-corrected chi connectivity index (χ4v) is 2.90. The van der Waals surface area contributed by atoms with Crippen LogP contribution in [-0.2, 0) is 11.2 Å². The average Bonchev–Trinajstić information content (AvgIpc) is 3.05. The van der Waals surface area contributed by atoms with Crippen LogP contribution in [0.3, 0.4) is 0 Å². The molecular weight excluding hydrogens is 320 g/mol. The van der Waals surface area contributed by atoms with Crippen molar-refractivity contribution in [2.45, 2.75) is 19.4 Å². The lowest BCUT2D eigenvalue weighted by Crippen LogP contribution is -2.29. The summed E-state index contributed by atoms with van der Waals surface area (Å²) in [6.45, 7) is 2.97. The van der Waals surface area contributed by atoms with E-state index in [1.54, 1.807) is 0 Å². The van der Waals surface area contributed by atoms with Gasteiger partial charge in [-0.3, -0.25) is 9.20 Å². The van der Waals surface area contributed by atoms with E-state index in [0.717, 1.165) is 17.0 Å². The highest BCUT2D eigenvalue weighted by molar-refractivity contribution is 5.79. The molecule has 0 saturated heterocycles. The molecule has 1 aromatic carbocycles. The van der Waals surface area contributed by atoms with Gasteiger partial charge in [0.15, 0.2) is 23.0 Å². The molecule has 1 N–H and O–H groups in total. The lowest BCUT2D eigenvalue weighted by atomic mass is 10.1. The Labute approximate surface area is 144 Å². The first-order valence-corrected chi connectivity index (χ1v) is 8.18. The van der Waals surface area contributed by atoms with Crippen LogP contribution < -0.4 is 14.8 Å². The predicted molar refractivity (Wildman–Crippen MR) is 90.7 cm³/mol. The second-order valence-corrected chi connectivity index (χ2v) is 5.93. The number of rotatable bonds is 4. The maximum absolute atomic E-state index is 12.4. The van der Waals surface area contributed by atoms with E-state index in [1.807, 2.05) is 53.9 Å². The standard InChI is InChI=1S/C18H18N4O3/c1-12(18-21-20-16-4-2-3-7-22(16)18)19-17(23)11-13-5-6-14-15(10-13)25-9-8-24-14/h2-7,10,12H,8-9,11H2,1H3,(H,19,23)/t12-/m0/s1. The molecule has 0 bridgehead atoms. The van der Waals surface area contributed by atoms with Gasteiger partial charge in [-0.05, 0) is 36.8 Å². The van der Waals surface area contributed by atoms with Gasteiger partial charge in [0, 0.05) is 6.20 Å². The first-order chi connectivity index (χ1) is 12.2. The zero-order chi connectivity index (χ0) is 17.2. The normalized spacial score (nSPS) is 14.3. The highest BCUT2D eigenvalue weighted by atomic mass is 16.6. The van der Waals surface area contributed by atoms with E-state index in [0.29, 0.717) is 24.8 Å². The number of ether oxygens (including phenoxy) is 2. The van der Waals surface area contributed by atoms with Crippen molar-refractivity contribution in [3.8, 4) is 11.5 Å². The smallest absolute Gasteiger partial charge is 0.225 e. The molecule has 0 fully saturated rings. The van der Waals surface area contributed by atoms with Crippen LogP contribution in [-0.4, -0.2) is 33.7 Å².